The summed E-state index contributed by atoms with van der Waals surface area (Å²) in [5.41, 5.74) is 0. The van der Waals surface area contributed by atoms with Crippen LogP contribution in [0.15, 0.2) is 0 Å². The van der Waals surface area contributed by atoms with Crippen LogP contribution in [0.25, 0.3) is 0 Å². The molecule has 2 heteroatoms. The van der Waals surface area contributed by atoms with E-state index in [9.17, 15) is 4.79 Å². The first kappa shape index (κ1) is 10.6. The second-order valence-corrected chi connectivity index (χ2v) is 6.00. The second-order valence-electron chi connectivity index (χ2n) is 6.00. The summed E-state index contributed by atoms with van der Waals surface area (Å²) in [6, 6.07) is 0.634. The Labute approximate surface area is 98.4 Å². The zero-order chi connectivity index (χ0) is 11.0. The van der Waals surface area contributed by atoms with Crippen molar-refractivity contribution in [2.75, 3.05) is 6.54 Å². The molecule has 3 aliphatic rings. The highest BCUT2D eigenvalue weighted by molar-refractivity contribution is 5.81. The largest absolute Gasteiger partial charge is 0.339 e. The molecule has 90 valence electrons. The van der Waals surface area contributed by atoms with Gasteiger partial charge in [0.2, 0.25) is 5.91 Å². The molecule has 3 aliphatic carbocycles. The lowest BCUT2D eigenvalue weighted by Crippen LogP contribution is -2.38. The summed E-state index contributed by atoms with van der Waals surface area (Å²) in [5.74, 6) is 1.73. The molecule has 3 fully saturated rings. The van der Waals surface area contributed by atoms with Gasteiger partial charge >= 0.3 is 0 Å². The lowest BCUT2D eigenvalue weighted by Gasteiger charge is -2.30. The number of rotatable bonds is 4. The molecule has 0 bridgehead atoms. The highest BCUT2D eigenvalue weighted by atomic mass is 16.2. The molecule has 16 heavy (non-hydrogen) atoms. The molecule has 0 unspecified atom stereocenters. The maximum Gasteiger partial charge on any atom is 0.225 e. The van der Waals surface area contributed by atoms with Gasteiger partial charge in [0.1, 0.15) is 0 Å². The molecule has 3 rings (SSSR count). The van der Waals surface area contributed by atoms with Crippen molar-refractivity contribution in [3.8, 4) is 0 Å². The molecule has 0 radical (unpaired) electrons. The average Bonchev–Trinajstić information content (AvgIpc) is 3.19. The fraction of sp³-hybridized carbons (Fsp3) is 0.929. The summed E-state index contributed by atoms with van der Waals surface area (Å²) in [6.07, 6.45) is 11.8. The Morgan fingerprint density at radius 3 is 2.19 bits per heavy atom. The van der Waals surface area contributed by atoms with Gasteiger partial charge in [0.15, 0.2) is 0 Å². The number of hydrogen-bond acceptors (Lipinski definition) is 1. The normalized spacial score (nSPS) is 26.8. The zero-order valence-electron chi connectivity index (χ0n) is 10.2. The van der Waals surface area contributed by atoms with Crippen molar-refractivity contribution in [3.05, 3.63) is 0 Å². The first-order valence-electron chi connectivity index (χ1n) is 7.15. The number of nitrogens with zero attached hydrogens (tertiary/aromatic N) is 1. The minimum atomic E-state index is 0.421. The molecular formula is C14H23NO. The number of amides is 1. The Morgan fingerprint density at radius 2 is 1.62 bits per heavy atom. The van der Waals surface area contributed by atoms with E-state index in [1.54, 1.807) is 0 Å². The number of carbonyl (C=O) groups excluding carboxylic acids is 1. The van der Waals surface area contributed by atoms with Gasteiger partial charge in [0.25, 0.3) is 0 Å². The van der Waals surface area contributed by atoms with Crippen molar-refractivity contribution in [2.45, 2.75) is 63.8 Å². The van der Waals surface area contributed by atoms with Crippen molar-refractivity contribution in [1.29, 1.82) is 0 Å². The van der Waals surface area contributed by atoms with Crippen LogP contribution in [-0.4, -0.2) is 23.4 Å². The van der Waals surface area contributed by atoms with Gasteiger partial charge in [0, 0.05) is 18.5 Å². The summed E-state index contributed by atoms with van der Waals surface area (Å²) in [5, 5.41) is 0. The molecule has 0 saturated heterocycles. The molecule has 0 aromatic rings. The Kier molecular flexibility index (Phi) is 2.91. The van der Waals surface area contributed by atoms with Crippen molar-refractivity contribution in [2.24, 2.45) is 11.8 Å². The molecule has 0 N–H and O–H groups in total. The van der Waals surface area contributed by atoms with Gasteiger partial charge in [-0.05, 0) is 44.4 Å². The maximum absolute atomic E-state index is 12.2. The van der Waals surface area contributed by atoms with Crippen LogP contribution < -0.4 is 0 Å². The van der Waals surface area contributed by atoms with E-state index in [0.29, 0.717) is 17.9 Å². The quantitative estimate of drug-likeness (QED) is 0.714. The molecule has 0 aromatic heterocycles. The van der Waals surface area contributed by atoms with Crippen LogP contribution >= 0.6 is 0 Å². The van der Waals surface area contributed by atoms with Crippen LogP contribution in [-0.2, 0) is 4.79 Å². The monoisotopic (exact) mass is 221 g/mol. The summed E-state index contributed by atoms with van der Waals surface area (Å²) < 4.78 is 0. The predicted molar refractivity (Wildman–Crippen MR) is 64.0 cm³/mol. The molecule has 0 atom stereocenters. The maximum atomic E-state index is 12.2. The molecule has 0 aliphatic heterocycles. The lowest BCUT2D eigenvalue weighted by molar-refractivity contribution is -0.134. The molecule has 1 amide bonds. The first-order valence-corrected chi connectivity index (χ1v) is 7.15. The highest BCUT2D eigenvalue weighted by Gasteiger charge is 2.40. The Morgan fingerprint density at radius 1 is 0.938 bits per heavy atom. The fourth-order valence-corrected chi connectivity index (χ4v) is 3.02. The zero-order valence-corrected chi connectivity index (χ0v) is 10.2. The van der Waals surface area contributed by atoms with Crippen molar-refractivity contribution in [3.63, 3.8) is 0 Å². The van der Waals surface area contributed by atoms with Crippen LogP contribution in [0.2, 0.25) is 0 Å². The van der Waals surface area contributed by atoms with Gasteiger partial charge in [-0.1, -0.05) is 19.3 Å². The molecule has 3 saturated carbocycles. The third-order valence-corrected chi connectivity index (χ3v) is 4.38. The minimum absolute atomic E-state index is 0.421. The van der Waals surface area contributed by atoms with Crippen molar-refractivity contribution >= 4 is 5.91 Å². The fourth-order valence-electron chi connectivity index (χ4n) is 3.02. The van der Waals surface area contributed by atoms with Crippen molar-refractivity contribution in [1.82, 2.24) is 4.90 Å². The SMILES string of the molecule is O=C(C1CC1)N(CC1CCCCC1)C1CC1. The molecular weight excluding hydrogens is 198 g/mol. The second kappa shape index (κ2) is 4.38. The van der Waals surface area contributed by atoms with Gasteiger partial charge in [-0.25, -0.2) is 0 Å². The average molecular weight is 221 g/mol. The van der Waals surface area contributed by atoms with E-state index >= 15 is 0 Å². The van der Waals surface area contributed by atoms with E-state index in [4.69, 9.17) is 0 Å². The number of carbonyl (C=O) groups is 1. The molecule has 0 heterocycles. The summed E-state index contributed by atoms with van der Waals surface area (Å²) in [7, 11) is 0. The van der Waals surface area contributed by atoms with Crippen LogP contribution in [0.3, 0.4) is 0 Å². The van der Waals surface area contributed by atoms with E-state index in [0.717, 1.165) is 25.3 Å². The van der Waals surface area contributed by atoms with Gasteiger partial charge in [-0.3, -0.25) is 4.79 Å². The van der Waals surface area contributed by atoms with Crippen LogP contribution in [0.4, 0.5) is 0 Å². The number of hydrogen-bond donors (Lipinski definition) is 0. The minimum Gasteiger partial charge on any atom is -0.339 e. The molecule has 0 spiro atoms. The lowest BCUT2D eigenvalue weighted by atomic mass is 9.89. The van der Waals surface area contributed by atoms with Gasteiger partial charge in [-0.15, -0.1) is 0 Å². The van der Waals surface area contributed by atoms with E-state index < -0.39 is 0 Å². The Balaban J connectivity index is 1.57. The van der Waals surface area contributed by atoms with Crippen LogP contribution in [0.5, 0.6) is 0 Å². The van der Waals surface area contributed by atoms with Gasteiger partial charge < -0.3 is 4.90 Å². The predicted octanol–water partition coefficient (Wildman–Crippen LogP) is 2.97. The van der Waals surface area contributed by atoms with Gasteiger partial charge in [-0.2, -0.15) is 0 Å². The van der Waals surface area contributed by atoms with Gasteiger partial charge in [0.05, 0.1) is 0 Å². The standard InChI is InChI=1S/C14H23NO/c16-14(12-6-7-12)15(13-8-9-13)10-11-4-2-1-3-5-11/h11-13H,1-10H2. The van der Waals surface area contributed by atoms with Crippen LogP contribution in [0, 0.1) is 11.8 Å². The summed E-state index contributed by atoms with van der Waals surface area (Å²) in [6.45, 7) is 1.08. The summed E-state index contributed by atoms with van der Waals surface area (Å²) in [4.78, 5) is 14.4. The van der Waals surface area contributed by atoms with E-state index in [2.05, 4.69) is 4.90 Å². The third kappa shape index (κ3) is 2.41. The van der Waals surface area contributed by atoms with E-state index in [1.807, 2.05) is 0 Å². The topological polar surface area (TPSA) is 20.3 Å². The van der Waals surface area contributed by atoms with E-state index in [1.165, 1.54) is 44.9 Å². The van der Waals surface area contributed by atoms with Crippen molar-refractivity contribution < 1.29 is 4.79 Å². The first-order chi connectivity index (χ1) is 7.84. The third-order valence-electron chi connectivity index (χ3n) is 4.38. The smallest absolute Gasteiger partial charge is 0.225 e. The highest BCUT2D eigenvalue weighted by Crippen LogP contribution is 2.37. The molecule has 2 nitrogen and oxygen atoms in total. The Bertz CT molecular complexity index is 262. The molecule has 0 aromatic carbocycles. The van der Waals surface area contributed by atoms with E-state index in [-0.39, 0.29) is 0 Å². The Hall–Kier alpha value is -0.530. The summed E-state index contributed by atoms with van der Waals surface area (Å²) >= 11 is 0. The van der Waals surface area contributed by atoms with Crippen LogP contribution in [0.1, 0.15) is 57.8 Å².